The number of aryl methyl sites for hydroxylation is 3. The van der Waals surface area contributed by atoms with E-state index in [1.807, 2.05) is 0 Å². The molecule has 104 valence electrons. The standard InChI is InChI=1S/C16H18N2OS/c1-10-2-4-11(5-3-10)6-7-12-8-9-13-15(14(12)19)20-16(17)18-13/h2-5,12H,6-9H2,1H3,(H2,17,18). The molecule has 2 aromatic rings. The number of benzene rings is 1. The molecule has 3 nitrogen and oxygen atoms in total. The Labute approximate surface area is 122 Å². The SMILES string of the molecule is Cc1ccc(CCC2CCc3nc(N)sc3C2=O)cc1. The molecule has 1 aromatic carbocycles. The van der Waals surface area contributed by atoms with Crippen LogP contribution in [0.1, 0.15) is 39.3 Å². The zero-order chi connectivity index (χ0) is 14.1. The van der Waals surface area contributed by atoms with Gasteiger partial charge in [-0.25, -0.2) is 4.98 Å². The highest BCUT2D eigenvalue weighted by Crippen LogP contribution is 2.33. The Morgan fingerprint density at radius 1 is 1.35 bits per heavy atom. The van der Waals surface area contributed by atoms with Crippen molar-refractivity contribution in [1.29, 1.82) is 0 Å². The zero-order valence-electron chi connectivity index (χ0n) is 11.6. The van der Waals surface area contributed by atoms with Crippen LogP contribution in [0.4, 0.5) is 5.13 Å². The van der Waals surface area contributed by atoms with Gasteiger partial charge in [0.15, 0.2) is 10.9 Å². The number of carbonyl (C=O) groups excluding carboxylic acids is 1. The first kappa shape index (κ1) is 13.3. The summed E-state index contributed by atoms with van der Waals surface area (Å²) in [4.78, 5) is 17.5. The molecule has 0 aliphatic heterocycles. The van der Waals surface area contributed by atoms with E-state index in [0.29, 0.717) is 5.13 Å². The molecule has 1 aliphatic rings. The molecule has 1 aliphatic carbocycles. The lowest BCUT2D eigenvalue weighted by molar-refractivity contribution is 0.0899. The highest BCUT2D eigenvalue weighted by Gasteiger charge is 2.30. The van der Waals surface area contributed by atoms with Crippen LogP contribution in [0.25, 0.3) is 0 Å². The van der Waals surface area contributed by atoms with Gasteiger partial charge in [-0.1, -0.05) is 41.2 Å². The predicted molar refractivity (Wildman–Crippen MR) is 82.2 cm³/mol. The first-order valence-corrected chi connectivity index (χ1v) is 7.80. The highest BCUT2D eigenvalue weighted by molar-refractivity contribution is 7.17. The van der Waals surface area contributed by atoms with Gasteiger partial charge in [0.25, 0.3) is 0 Å². The molecule has 0 fully saturated rings. The molecular weight excluding hydrogens is 268 g/mol. The molecule has 4 heteroatoms. The fourth-order valence-corrected chi connectivity index (χ4v) is 3.63. The smallest absolute Gasteiger partial charge is 0.180 e. The number of anilines is 1. The summed E-state index contributed by atoms with van der Waals surface area (Å²) < 4.78 is 0. The minimum absolute atomic E-state index is 0.128. The number of hydrogen-bond donors (Lipinski definition) is 1. The van der Waals surface area contributed by atoms with Crippen molar-refractivity contribution in [3.63, 3.8) is 0 Å². The largest absolute Gasteiger partial charge is 0.375 e. The van der Waals surface area contributed by atoms with E-state index >= 15 is 0 Å². The second-order valence-electron chi connectivity index (χ2n) is 5.45. The third-order valence-electron chi connectivity index (χ3n) is 3.94. The summed E-state index contributed by atoms with van der Waals surface area (Å²) in [7, 11) is 0. The fourth-order valence-electron chi connectivity index (χ4n) is 2.73. The monoisotopic (exact) mass is 286 g/mol. The van der Waals surface area contributed by atoms with E-state index in [1.54, 1.807) is 0 Å². The molecular formula is C16H18N2OS. The minimum Gasteiger partial charge on any atom is -0.375 e. The van der Waals surface area contributed by atoms with Gasteiger partial charge in [-0.05, 0) is 38.2 Å². The third kappa shape index (κ3) is 2.61. The van der Waals surface area contributed by atoms with Crippen molar-refractivity contribution in [3.05, 3.63) is 46.0 Å². The van der Waals surface area contributed by atoms with Crippen LogP contribution in [-0.2, 0) is 12.8 Å². The lowest BCUT2D eigenvalue weighted by atomic mass is 9.85. The fraction of sp³-hybridized carbons (Fsp3) is 0.375. The maximum atomic E-state index is 12.4. The van der Waals surface area contributed by atoms with Crippen molar-refractivity contribution in [3.8, 4) is 0 Å². The van der Waals surface area contributed by atoms with Crippen LogP contribution >= 0.6 is 11.3 Å². The van der Waals surface area contributed by atoms with Gasteiger partial charge in [-0.2, -0.15) is 0 Å². The zero-order valence-corrected chi connectivity index (χ0v) is 12.4. The van der Waals surface area contributed by atoms with Crippen LogP contribution in [0.3, 0.4) is 0 Å². The molecule has 0 spiro atoms. The molecule has 1 unspecified atom stereocenters. The van der Waals surface area contributed by atoms with Gasteiger partial charge in [0.1, 0.15) is 0 Å². The van der Waals surface area contributed by atoms with Gasteiger partial charge in [0.2, 0.25) is 0 Å². The number of carbonyl (C=O) groups is 1. The second-order valence-corrected chi connectivity index (χ2v) is 6.48. The van der Waals surface area contributed by atoms with Crippen molar-refractivity contribution in [2.75, 3.05) is 5.73 Å². The number of aromatic nitrogens is 1. The van der Waals surface area contributed by atoms with Crippen LogP contribution in [0.5, 0.6) is 0 Å². The predicted octanol–water partition coefficient (Wildman–Crippen LogP) is 3.41. The summed E-state index contributed by atoms with van der Waals surface area (Å²) in [5.74, 6) is 0.371. The van der Waals surface area contributed by atoms with Gasteiger partial charge in [0, 0.05) is 5.92 Å². The van der Waals surface area contributed by atoms with Gasteiger partial charge in [0.05, 0.1) is 10.6 Å². The van der Waals surface area contributed by atoms with Crippen molar-refractivity contribution < 1.29 is 4.79 Å². The van der Waals surface area contributed by atoms with E-state index in [9.17, 15) is 4.79 Å². The van der Waals surface area contributed by atoms with Gasteiger partial charge in [-0.15, -0.1) is 0 Å². The molecule has 1 aromatic heterocycles. The van der Waals surface area contributed by atoms with Crippen molar-refractivity contribution in [2.24, 2.45) is 5.92 Å². The number of nitrogen functional groups attached to an aromatic ring is 1. The Kier molecular flexibility index (Phi) is 3.57. The van der Waals surface area contributed by atoms with Gasteiger partial charge < -0.3 is 5.73 Å². The van der Waals surface area contributed by atoms with Crippen LogP contribution in [-0.4, -0.2) is 10.8 Å². The summed E-state index contributed by atoms with van der Waals surface area (Å²) in [5, 5.41) is 0.516. The Balaban J connectivity index is 1.67. The Hall–Kier alpha value is -1.68. The normalized spacial score (nSPS) is 18.1. The summed E-state index contributed by atoms with van der Waals surface area (Å²) in [6, 6.07) is 8.55. The summed E-state index contributed by atoms with van der Waals surface area (Å²) in [6.45, 7) is 2.09. The quantitative estimate of drug-likeness (QED) is 0.940. The topological polar surface area (TPSA) is 56.0 Å². The molecule has 1 heterocycles. The number of thiazole rings is 1. The van der Waals surface area contributed by atoms with Crippen molar-refractivity contribution in [2.45, 2.75) is 32.6 Å². The number of Topliss-reactive ketones (excluding diaryl/α,β-unsaturated/α-hetero) is 1. The number of fused-ring (bicyclic) bond motifs is 1. The van der Waals surface area contributed by atoms with Crippen molar-refractivity contribution in [1.82, 2.24) is 4.98 Å². The maximum absolute atomic E-state index is 12.4. The first-order valence-electron chi connectivity index (χ1n) is 6.98. The van der Waals surface area contributed by atoms with E-state index in [-0.39, 0.29) is 11.7 Å². The molecule has 0 amide bonds. The van der Waals surface area contributed by atoms with Crippen LogP contribution in [0, 0.1) is 12.8 Å². The number of nitrogens with zero attached hydrogens (tertiary/aromatic N) is 1. The van der Waals surface area contributed by atoms with E-state index in [1.165, 1.54) is 22.5 Å². The highest BCUT2D eigenvalue weighted by atomic mass is 32.1. The first-order chi connectivity index (χ1) is 9.63. The Morgan fingerprint density at radius 3 is 2.85 bits per heavy atom. The minimum atomic E-state index is 0.128. The summed E-state index contributed by atoms with van der Waals surface area (Å²) in [6.07, 6.45) is 3.66. The third-order valence-corrected chi connectivity index (χ3v) is 4.88. The number of hydrogen-bond acceptors (Lipinski definition) is 4. The van der Waals surface area contributed by atoms with Crippen molar-refractivity contribution >= 4 is 22.3 Å². The number of rotatable bonds is 3. The van der Waals surface area contributed by atoms with Gasteiger partial charge >= 0.3 is 0 Å². The van der Waals surface area contributed by atoms with Crippen LogP contribution in [0.15, 0.2) is 24.3 Å². The molecule has 0 bridgehead atoms. The molecule has 20 heavy (non-hydrogen) atoms. The van der Waals surface area contributed by atoms with E-state index in [0.717, 1.165) is 36.3 Å². The summed E-state index contributed by atoms with van der Waals surface area (Å²) in [5.41, 5.74) is 9.18. The molecule has 3 rings (SSSR count). The van der Waals surface area contributed by atoms with E-state index < -0.39 is 0 Å². The van der Waals surface area contributed by atoms with Gasteiger partial charge in [-0.3, -0.25) is 4.79 Å². The molecule has 0 saturated carbocycles. The molecule has 0 radical (unpaired) electrons. The number of ketones is 1. The maximum Gasteiger partial charge on any atom is 0.180 e. The van der Waals surface area contributed by atoms with Crippen LogP contribution in [0.2, 0.25) is 0 Å². The average Bonchev–Trinajstić information content (AvgIpc) is 2.81. The summed E-state index contributed by atoms with van der Waals surface area (Å²) >= 11 is 1.34. The Bertz CT molecular complexity index is 630. The van der Waals surface area contributed by atoms with E-state index in [4.69, 9.17) is 5.73 Å². The number of nitrogens with two attached hydrogens (primary N) is 1. The second kappa shape index (κ2) is 5.37. The Morgan fingerprint density at radius 2 is 2.10 bits per heavy atom. The lowest BCUT2D eigenvalue weighted by Gasteiger charge is -2.19. The van der Waals surface area contributed by atoms with Crippen LogP contribution < -0.4 is 5.73 Å². The molecule has 0 saturated heterocycles. The molecule has 1 atom stereocenters. The lowest BCUT2D eigenvalue weighted by Crippen LogP contribution is -2.21. The molecule has 2 N–H and O–H groups in total. The average molecular weight is 286 g/mol. The van der Waals surface area contributed by atoms with E-state index in [2.05, 4.69) is 36.2 Å².